The fourth-order valence-corrected chi connectivity index (χ4v) is 3.99. The number of aliphatic carboxylic acids is 1. The second-order valence-corrected chi connectivity index (χ2v) is 8.91. The van der Waals surface area contributed by atoms with Crippen LogP contribution in [-0.4, -0.2) is 67.5 Å². The third-order valence-corrected chi connectivity index (χ3v) is 6.14. The number of piperazine rings is 1. The third-order valence-electron chi connectivity index (χ3n) is 5.89. The molecular formula is C27H25ClF3N3O6. The number of ether oxygens (including phenoxy) is 1. The summed E-state index contributed by atoms with van der Waals surface area (Å²) in [6.45, 7) is 2.88. The maximum Gasteiger partial charge on any atom is 0.490 e. The molecule has 1 aliphatic heterocycles. The first-order chi connectivity index (χ1) is 18.9. The van der Waals surface area contributed by atoms with Crippen LogP contribution in [0.4, 0.5) is 30.2 Å². The number of amides is 1. The van der Waals surface area contributed by atoms with E-state index in [1.807, 2.05) is 24.3 Å². The number of hydrogen-bond donors (Lipinski definition) is 3. The van der Waals surface area contributed by atoms with E-state index in [4.69, 9.17) is 26.2 Å². The van der Waals surface area contributed by atoms with Crippen molar-refractivity contribution in [1.82, 2.24) is 0 Å². The molecule has 1 heterocycles. The number of nitrogens with one attached hydrogen (secondary N) is 1. The van der Waals surface area contributed by atoms with Gasteiger partial charge in [0.1, 0.15) is 5.75 Å². The molecule has 40 heavy (non-hydrogen) atoms. The summed E-state index contributed by atoms with van der Waals surface area (Å²) in [6.07, 6.45) is -5.08. The van der Waals surface area contributed by atoms with E-state index in [9.17, 15) is 27.9 Å². The lowest BCUT2D eigenvalue weighted by Gasteiger charge is -2.38. The predicted octanol–water partition coefficient (Wildman–Crippen LogP) is 5.26. The molecule has 0 bridgehead atoms. The molecule has 0 aliphatic carbocycles. The van der Waals surface area contributed by atoms with Crippen LogP contribution in [-0.2, 0) is 4.79 Å². The number of alkyl halides is 3. The maximum absolute atomic E-state index is 12.5. The van der Waals surface area contributed by atoms with Crippen LogP contribution in [0.1, 0.15) is 20.7 Å². The van der Waals surface area contributed by atoms with E-state index < -0.39 is 18.1 Å². The Morgan fingerprint density at radius 3 is 1.93 bits per heavy atom. The molecule has 3 aromatic rings. The van der Waals surface area contributed by atoms with Crippen molar-refractivity contribution in [2.45, 2.75) is 6.18 Å². The molecule has 1 saturated heterocycles. The fourth-order valence-electron chi connectivity index (χ4n) is 3.86. The van der Waals surface area contributed by atoms with Gasteiger partial charge in [-0.25, -0.2) is 9.59 Å². The zero-order chi connectivity index (χ0) is 29.4. The van der Waals surface area contributed by atoms with Crippen molar-refractivity contribution in [2.75, 3.05) is 48.4 Å². The molecule has 0 unspecified atom stereocenters. The summed E-state index contributed by atoms with van der Waals surface area (Å²) in [5.41, 5.74) is 2.77. The van der Waals surface area contributed by atoms with Crippen LogP contribution in [0.2, 0.25) is 5.02 Å². The minimum atomic E-state index is -5.08. The average Bonchev–Trinajstić information content (AvgIpc) is 2.93. The summed E-state index contributed by atoms with van der Waals surface area (Å²) in [4.78, 5) is 37.7. The molecule has 13 heteroatoms. The first kappa shape index (κ1) is 30.1. The number of halogens is 4. The van der Waals surface area contributed by atoms with Gasteiger partial charge in [-0.05, 0) is 66.7 Å². The lowest BCUT2D eigenvalue weighted by atomic mass is 10.1. The van der Waals surface area contributed by atoms with E-state index in [1.54, 1.807) is 43.5 Å². The van der Waals surface area contributed by atoms with Gasteiger partial charge in [-0.2, -0.15) is 13.2 Å². The molecule has 1 aliphatic rings. The van der Waals surface area contributed by atoms with E-state index in [0.29, 0.717) is 40.8 Å². The molecule has 0 aromatic heterocycles. The van der Waals surface area contributed by atoms with Gasteiger partial charge in [-0.1, -0.05) is 11.6 Å². The number of benzene rings is 3. The summed E-state index contributed by atoms with van der Waals surface area (Å²) in [6, 6.07) is 19.4. The highest BCUT2D eigenvalue weighted by molar-refractivity contribution is 6.30. The van der Waals surface area contributed by atoms with Gasteiger partial charge in [-0.15, -0.1) is 0 Å². The Bertz CT molecular complexity index is 1340. The van der Waals surface area contributed by atoms with Gasteiger partial charge in [0.15, 0.2) is 0 Å². The molecule has 1 amide bonds. The Morgan fingerprint density at radius 2 is 1.43 bits per heavy atom. The quantitative estimate of drug-likeness (QED) is 0.362. The van der Waals surface area contributed by atoms with Crippen LogP contribution in [0.5, 0.6) is 5.75 Å². The van der Waals surface area contributed by atoms with E-state index in [2.05, 4.69) is 15.1 Å². The Balaban J connectivity index is 0.000000559. The number of nitrogens with zero attached hydrogens (tertiary/aromatic N) is 2. The summed E-state index contributed by atoms with van der Waals surface area (Å²) >= 11 is 5.98. The highest BCUT2D eigenvalue weighted by Gasteiger charge is 2.38. The largest absolute Gasteiger partial charge is 0.497 e. The minimum Gasteiger partial charge on any atom is -0.497 e. The average molecular weight is 580 g/mol. The van der Waals surface area contributed by atoms with Crippen molar-refractivity contribution in [2.24, 2.45) is 0 Å². The van der Waals surface area contributed by atoms with Crippen molar-refractivity contribution < 1.29 is 42.5 Å². The van der Waals surface area contributed by atoms with Crippen LogP contribution >= 0.6 is 11.6 Å². The molecule has 4 rings (SSSR count). The van der Waals surface area contributed by atoms with Crippen molar-refractivity contribution in [3.63, 3.8) is 0 Å². The Hall–Kier alpha value is -4.45. The number of anilines is 3. The third kappa shape index (κ3) is 8.03. The second-order valence-electron chi connectivity index (χ2n) is 8.47. The lowest BCUT2D eigenvalue weighted by molar-refractivity contribution is -0.192. The Morgan fingerprint density at radius 1 is 0.875 bits per heavy atom. The van der Waals surface area contributed by atoms with Gasteiger partial charge in [0.25, 0.3) is 5.91 Å². The number of carboxylic acids is 2. The maximum atomic E-state index is 12.5. The van der Waals surface area contributed by atoms with E-state index >= 15 is 0 Å². The number of carboxylic acid groups (broad SMARTS) is 2. The Kier molecular flexibility index (Phi) is 9.83. The molecule has 212 valence electrons. The number of aromatic carboxylic acids is 1. The van der Waals surface area contributed by atoms with Gasteiger partial charge in [-0.3, -0.25) is 4.79 Å². The summed E-state index contributed by atoms with van der Waals surface area (Å²) in [5, 5.41) is 20.4. The zero-order valence-electron chi connectivity index (χ0n) is 21.1. The van der Waals surface area contributed by atoms with Gasteiger partial charge in [0.2, 0.25) is 0 Å². The molecule has 3 aromatic carbocycles. The zero-order valence-corrected chi connectivity index (χ0v) is 21.9. The van der Waals surface area contributed by atoms with E-state index in [0.717, 1.165) is 18.8 Å². The molecular weight excluding hydrogens is 555 g/mol. The van der Waals surface area contributed by atoms with Crippen molar-refractivity contribution in [1.29, 1.82) is 0 Å². The van der Waals surface area contributed by atoms with Gasteiger partial charge < -0.3 is 30.1 Å². The molecule has 1 fully saturated rings. The normalized spacial score (nSPS) is 13.1. The topological polar surface area (TPSA) is 119 Å². The van der Waals surface area contributed by atoms with Crippen LogP contribution in [0.25, 0.3) is 0 Å². The molecule has 0 spiro atoms. The summed E-state index contributed by atoms with van der Waals surface area (Å²) in [7, 11) is 1.56. The minimum absolute atomic E-state index is 0.155. The van der Waals surface area contributed by atoms with Crippen LogP contribution in [0, 0.1) is 0 Å². The van der Waals surface area contributed by atoms with Gasteiger partial charge >= 0.3 is 18.1 Å². The molecule has 9 nitrogen and oxygen atoms in total. The van der Waals surface area contributed by atoms with E-state index in [-0.39, 0.29) is 11.5 Å². The smallest absolute Gasteiger partial charge is 0.490 e. The van der Waals surface area contributed by atoms with Crippen molar-refractivity contribution >= 4 is 46.5 Å². The second kappa shape index (κ2) is 13.1. The SMILES string of the molecule is COc1ccc(C(=O)Nc2ccc(N3CCN(c4ccc(Cl)cc4)CC3)c(C(=O)O)c2)cc1.O=C(O)C(F)(F)F. The standard InChI is InChI=1S/C25H24ClN3O4.C2HF3O2/c1-33-21-9-2-17(3-10-21)24(30)27-19-6-11-23(22(16-19)25(31)32)29-14-12-28(13-15-29)20-7-4-18(26)5-8-20;3-2(4,5)1(6)7/h2-11,16H,12-15H2,1H3,(H,27,30)(H,31,32);(H,6,7). The molecule has 0 saturated carbocycles. The van der Waals surface area contributed by atoms with Crippen molar-refractivity contribution in [3.05, 3.63) is 82.9 Å². The Labute approximate surface area is 232 Å². The van der Waals surface area contributed by atoms with E-state index in [1.165, 1.54) is 6.07 Å². The summed E-state index contributed by atoms with van der Waals surface area (Å²) in [5.74, 6) is -3.46. The fraction of sp³-hybridized carbons (Fsp3) is 0.222. The van der Waals surface area contributed by atoms with Crippen LogP contribution in [0.15, 0.2) is 66.7 Å². The molecule has 0 radical (unpaired) electrons. The highest BCUT2D eigenvalue weighted by Crippen LogP contribution is 2.28. The number of carbonyl (C=O) groups excluding carboxylic acids is 1. The number of carbonyl (C=O) groups is 3. The lowest BCUT2D eigenvalue weighted by Crippen LogP contribution is -2.47. The van der Waals surface area contributed by atoms with Crippen LogP contribution < -0.4 is 19.9 Å². The number of rotatable bonds is 6. The van der Waals surface area contributed by atoms with Crippen LogP contribution in [0.3, 0.4) is 0 Å². The van der Waals surface area contributed by atoms with Gasteiger partial charge in [0.05, 0.1) is 18.4 Å². The predicted molar refractivity (Wildman–Crippen MR) is 144 cm³/mol. The monoisotopic (exact) mass is 579 g/mol. The van der Waals surface area contributed by atoms with Crippen molar-refractivity contribution in [3.8, 4) is 5.75 Å². The van der Waals surface area contributed by atoms with Gasteiger partial charge in [0, 0.05) is 48.1 Å². The highest BCUT2D eigenvalue weighted by atomic mass is 35.5. The molecule has 3 N–H and O–H groups in total. The first-order valence-corrected chi connectivity index (χ1v) is 12.1. The molecule has 0 atom stereocenters. The number of hydrogen-bond acceptors (Lipinski definition) is 6. The summed E-state index contributed by atoms with van der Waals surface area (Å²) < 4.78 is 36.8. The number of methoxy groups -OCH3 is 1. The first-order valence-electron chi connectivity index (χ1n) is 11.8.